The SMILES string of the molecule is COCC(C)C(=O)N1CCCc2c(NC(C)=O)cccc21. The zero-order valence-electron chi connectivity index (χ0n) is 12.8. The minimum atomic E-state index is -0.176. The van der Waals surface area contributed by atoms with Crippen LogP contribution in [-0.2, 0) is 20.7 Å². The highest BCUT2D eigenvalue weighted by atomic mass is 16.5. The van der Waals surface area contributed by atoms with E-state index in [4.69, 9.17) is 4.74 Å². The Morgan fingerprint density at radius 1 is 1.43 bits per heavy atom. The molecule has 0 fully saturated rings. The summed E-state index contributed by atoms with van der Waals surface area (Å²) in [6.45, 7) is 4.49. The van der Waals surface area contributed by atoms with Crippen LogP contribution in [0.5, 0.6) is 0 Å². The van der Waals surface area contributed by atoms with Crippen molar-refractivity contribution in [2.75, 3.05) is 30.5 Å². The van der Waals surface area contributed by atoms with Crippen molar-refractivity contribution >= 4 is 23.2 Å². The molecule has 0 radical (unpaired) electrons. The van der Waals surface area contributed by atoms with Gasteiger partial charge in [0.05, 0.1) is 12.5 Å². The number of nitrogens with zero attached hydrogens (tertiary/aromatic N) is 1. The van der Waals surface area contributed by atoms with Gasteiger partial charge in [-0.1, -0.05) is 13.0 Å². The molecule has 1 unspecified atom stereocenters. The van der Waals surface area contributed by atoms with Gasteiger partial charge in [0.2, 0.25) is 11.8 Å². The van der Waals surface area contributed by atoms with Crippen molar-refractivity contribution in [2.24, 2.45) is 5.92 Å². The summed E-state index contributed by atoms with van der Waals surface area (Å²) in [5.41, 5.74) is 2.74. The number of nitrogens with one attached hydrogen (secondary N) is 1. The molecule has 1 heterocycles. The molecule has 114 valence electrons. The molecular formula is C16H22N2O3. The average molecular weight is 290 g/mol. The number of fused-ring (bicyclic) bond motifs is 1. The van der Waals surface area contributed by atoms with Crippen LogP contribution < -0.4 is 10.2 Å². The summed E-state index contributed by atoms with van der Waals surface area (Å²) in [4.78, 5) is 25.7. The van der Waals surface area contributed by atoms with Crippen LogP contribution in [0, 0.1) is 5.92 Å². The number of hydrogen-bond donors (Lipinski definition) is 1. The van der Waals surface area contributed by atoms with E-state index in [1.54, 1.807) is 7.11 Å². The first-order chi connectivity index (χ1) is 10.0. The van der Waals surface area contributed by atoms with Crippen molar-refractivity contribution in [1.82, 2.24) is 0 Å². The van der Waals surface area contributed by atoms with Gasteiger partial charge >= 0.3 is 0 Å². The van der Waals surface area contributed by atoms with Gasteiger partial charge in [-0.2, -0.15) is 0 Å². The summed E-state index contributed by atoms with van der Waals surface area (Å²) in [6, 6.07) is 5.70. The van der Waals surface area contributed by atoms with Crippen LogP contribution in [0.25, 0.3) is 0 Å². The fourth-order valence-corrected chi connectivity index (χ4v) is 2.75. The molecule has 0 aliphatic carbocycles. The fraction of sp³-hybridized carbons (Fsp3) is 0.500. The van der Waals surface area contributed by atoms with E-state index in [0.29, 0.717) is 13.2 Å². The lowest BCUT2D eigenvalue weighted by Crippen LogP contribution is -2.40. The number of anilines is 2. The second kappa shape index (κ2) is 6.72. The number of methoxy groups -OCH3 is 1. The van der Waals surface area contributed by atoms with Crippen molar-refractivity contribution in [3.05, 3.63) is 23.8 Å². The molecule has 1 aromatic carbocycles. The highest BCUT2D eigenvalue weighted by Gasteiger charge is 2.27. The van der Waals surface area contributed by atoms with Gasteiger partial charge in [-0.25, -0.2) is 0 Å². The van der Waals surface area contributed by atoms with E-state index in [1.165, 1.54) is 6.92 Å². The van der Waals surface area contributed by atoms with Crippen LogP contribution in [-0.4, -0.2) is 32.1 Å². The van der Waals surface area contributed by atoms with Gasteiger partial charge in [0.1, 0.15) is 0 Å². The topological polar surface area (TPSA) is 58.6 Å². The maximum Gasteiger partial charge on any atom is 0.232 e. The first kappa shape index (κ1) is 15.5. The molecule has 0 saturated heterocycles. The standard InChI is InChI=1S/C16H22N2O3/c1-11(10-21-3)16(20)18-9-5-6-13-14(17-12(2)19)7-4-8-15(13)18/h4,7-8,11H,5-6,9-10H2,1-3H3,(H,17,19). The largest absolute Gasteiger partial charge is 0.384 e. The molecule has 1 aromatic rings. The van der Waals surface area contributed by atoms with E-state index in [0.717, 1.165) is 29.8 Å². The van der Waals surface area contributed by atoms with Crippen molar-refractivity contribution in [1.29, 1.82) is 0 Å². The molecule has 1 aliphatic rings. The minimum absolute atomic E-state index is 0.0674. The van der Waals surface area contributed by atoms with E-state index in [1.807, 2.05) is 30.0 Å². The molecule has 2 rings (SSSR count). The van der Waals surface area contributed by atoms with Gasteiger partial charge < -0.3 is 15.0 Å². The molecule has 5 heteroatoms. The van der Waals surface area contributed by atoms with Crippen molar-refractivity contribution in [3.8, 4) is 0 Å². The maximum atomic E-state index is 12.5. The first-order valence-corrected chi connectivity index (χ1v) is 7.24. The third-order valence-corrected chi connectivity index (χ3v) is 3.67. The van der Waals surface area contributed by atoms with E-state index < -0.39 is 0 Å². The molecule has 0 spiro atoms. The van der Waals surface area contributed by atoms with Crippen molar-refractivity contribution in [3.63, 3.8) is 0 Å². The zero-order chi connectivity index (χ0) is 15.4. The lowest BCUT2D eigenvalue weighted by atomic mass is 9.98. The van der Waals surface area contributed by atoms with Crippen molar-refractivity contribution < 1.29 is 14.3 Å². The van der Waals surface area contributed by atoms with Crippen LogP contribution in [0.4, 0.5) is 11.4 Å². The van der Waals surface area contributed by atoms with Gasteiger partial charge in [-0.15, -0.1) is 0 Å². The smallest absolute Gasteiger partial charge is 0.232 e. The van der Waals surface area contributed by atoms with Gasteiger partial charge in [0.25, 0.3) is 0 Å². The molecular weight excluding hydrogens is 268 g/mol. The van der Waals surface area contributed by atoms with Gasteiger partial charge in [0, 0.05) is 32.0 Å². The number of hydrogen-bond acceptors (Lipinski definition) is 3. The van der Waals surface area contributed by atoms with Crippen LogP contribution in [0.2, 0.25) is 0 Å². The molecule has 1 aliphatic heterocycles. The summed E-state index contributed by atoms with van der Waals surface area (Å²) in [5.74, 6) is -0.206. The minimum Gasteiger partial charge on any atom is -0.384 e. The fourth-order valence-electron chi connectivity index (χ4n) is 2.75. The summed E-state index contributed by atoms with van der Waals surface area (Å²) in [6.07, 6.45) is 1.77. The van der Waals surface area contributed by atoms with Crippen LogP contribution in [0.1, 0.15) is 25.8 Å². The monoisotopic (exact) mass is 290 g/mol. The lowest BCUT2D eigenvalue weighted by Gasteiger charge is -2.32. The molecule has 0 aromatic heterocycles. The molecule has 0 bridgehead atoms. The first-order valence-electron chi connectivity index (χ1n) is 7.24. The normalized spacial score (nSPS) is 15.3. The molecule has 0 saturated carbocycles. The predicted octanol–water partition coefficient (Wildman–Crippen LogP) is 2.21. The molecule has 2 amide bonds. The number of carbonyl (C=O) groups excluding carboxylic acids is 2. The number of amides is 2. The highest BCUT2D eigenvalue weighted by Crippen LogP contribution is 2.33. The summed E-state index contributed by atoms with van der Waals surface area (Å²) in [7, 11) is 1.60. The van der Waals surface area contributed by atoms with Crippen LogP contribution in [0.3, 0.4) is 0 Å². The van der Waals surface area contributed by atoms with Gasteiger partial charge in [-0.3, -0.25) is 9.59 Å². The average Bonchev–Trinajstić information content (AvgIpc) is 2.46. The maximum absolute atomic E-state index is 12.5. The van der Waals surface area contributed by atoms with E-state index in [-0.39, 0.29) is 17.7 Å². The third-order valence-electron chi connectivity index (χ3n) is 3.67. The van der Waals surface area contributed by atoms with Crippen LogP contribution >= 0.6 is 0 Å². The molecule has 1 atom stereocenters. The molecule has 21 heavy (non-hydrogen) atoms. The predicted molar refractivity (Wildman–Crippen MR) is 82.5 cm³/mol. The van der Waals surface area contributed by atoms with E-state index >= 15 is 0 Å². The summed E-state index contributed by atoms with van der Waals surface area (Å²) >= 11 is 0. The van der Waals surface area contributed by atoms with E-state index in [2.05, 4.69) is 5.32 Å². The number of ether oxygens (including phenoxy) is 1. The number of rotatable bonds is 4. The Balaban J connectivity index is 2.31. The lowest BCUT2D eigenvalue weighted by molar-refractivity contribution is -0.123. The Hall–Kier alpha value is -1.88. The Kier molecular flexibility index (Phi) is 4.96. The number of benzene rings is 1. The highest BCUT2D eigenvalue weighted by molar-refractivity contribution is 5.98. The third kappa shape index (κ3) is 3.42. The zero-order valence-corrected chi connectivity index (χ0v) is 12.8. The number of carbonyl (C=O) groups is 2. The Labute approximate surface area is 125 Å². The second-order valence-electron chi connectivity index (χ2n) is 5.43. The summed E-state index contributed by atoms with van der Waals surface area (Å²) in [5, 5.41) is 2.85. The van der Waals surface area contributed by atoms with E-state index in [9.17, 15) is 9.59 Å². The van der Waals surface area contributed by atoms with Gasteiger partial charge in [0.15, 0.2) is 0 Å². The summed E-state index contributed by atoms with van der Waals surface area (Å²) < 4.78 is 5.08. The van der Waals surface area contributed by atoms with Gasteiger partial charge in [-0.05, 0) is 30.5 Å². The second-order valence-corrected chi connectivity index (χ2v) is 5.43. The van der Waals surface area contributed by atoms with Crippen molar-refractivity contribution in [2.45, 2.75) is 26.7 Å². The Bertz CT molecular complexity index is 542. The molecule has 5 nitrogen and oxygen atoms in total. The van der Waals surface area contributed by atoms with Crippen LogP contribution in [0.15, 0.2) is 18.2 Å². The Morgan fingerprint density at radius 3 is 2.86 bits per heavy atom. The molecule has 1 N–H and O–H groups in total. The quantitative estimate of drug-likeness (QED) is 0.925. The Morgan fingerprint density at radius 2 is 2.19 bits per heavy atom.